The smallest absolute Gasteiger partial charge is 0.161 e. The van der Waals surface area contributed by atoms with E-state index in [0.29, 0.717) is 40.6 Å². The zero-order valence-corrected chi connectivity index (χ0v) is 11.8. The summed E-state index contributed by atoms with van der Waals surface area (Å²) >= 11 is 3.28. The highest BCUT2D eigenvalue weighted by molar-refractivity contribution is 9.10. The van der Waals surface area contributed by atoms with E-state index in [-0.39, 0.29) is 0 Å². The van der Waals surface area contributed by atoms with E-state index in [1.165, 1.54) is 4.68 Å². The van der Waals surface area contributed by atoms with Crippen molar-refractivity contribution in [2.24, 2.45) is 7.05 Å². The van der Waals surface area contributed by atoms with Crippen molar-refractivity contribution in [3.05, 3.63) is 34.1 Å². The highest BCUT2D eigenvalue weighted by Gasteiger charge is 2.21. The van der Waals surface area contributed by atoms with Gasteiger partial charge < -0.3 is 14.6 Å². The first-order chi connectivity index (χ1) is 9.16. The quantitative estimate of drug-likeness (QED) is 0.904. The lowest BCUT2D eigenvalue weighted by Crippen LogP contribution is -2.16. The van der Waals surface area contributed by atoms with Gasteiger partial charge in [-0.1, -0.05) is 11.3 Å². The maximum atomic E-state index is 10.4. The Hall–Kier alpha value is -1.60. The summed E-state index contributed by atoms with van der Waals surface area (Å²) in [7, 11) is 1.73. The van der Waals surface area contributed by atoms with Gasteiger partial charge in [-0.2, -0.15) is 0 Å². The Labute approximate surface area is 118 Å². The van der Waals surface area contributed by atoms with Crippen molar-refractivity contribution < 1.29 is 14.6 Å². The molecule has 0 amide bonds. The molecular weight excluding hydrogens is 314 g/mol. The Bertz CT molecular complexity index is 595. The first-order valence-corrected chi connectivity index (χ1v) is 6.59. The van der Waals surface area contributed by atoms with Crippen molar-refractivity contribution in [1.82, 2.24) is 15.0 Å². The monoisotopic (exact) mass is 325 g/mol. The van der Waals surface area contributed by atoms with Crippen LogP contribution in [0.3, 0.4) is 0 Å². The number of aromatic nitrogens is 3. The van der Waals surface area contributed by atoms with Crippen LogP contribution in [0.15, 0.2) is 22.8 Å². The average molecular weight is 326 g/mol. The molecular formula is C12H12BrN3O3. The predicted octanol–water partition coefficient (Wildman–Crippen LogP) is 1.43. The van der Waals surface area contributed by atoms with Crippen molar-refractivity contribution >= 4 is 15.9 Å². The number of fused-ring (bicyclic) bond motifs is 1. The van der Waals surface area contributed by atoms with Gasteiger partial charge >= 0.3 is 0 Å². The molecule has 0 bridgehead atoms. The van der Waals surface area contributed by atoms with Crippen LogP contribution in [0.5, 0.6) is 11.5 Å². The van der Waals surface area contributed by atoms with E-state index in [4.69, 9.17) is 9.47 Å². The second-order valence-electron chi connectivity index (χ2n) is 4.19. The lowest BCUT2D eigenvalue weighted by atomic mass is 10.1. The molecule has 0 radical (unpaired) electrons. The number of halogens is 1. The Balaban J connectivity index is 1.98. The Morgan fingerprint density at radius 3 is 2.74 bits per heavy atom. The number of benzene rings is 1. The van der Waals surface area contributed by atoms with Gasteiger partial charge in [0.05, 0.1) is 0 Å². The van der Waals surface area contributed by atoms with Gasteiger partial charge in [0.15, 0.2) is 16.1 Å². The van der Waals surface area contributed by atoms with Gasteiger partial charge in [-0.3, -0.25) is 0 Å². The van der Waals surface area contributed by atoms with E-state index in [9.17, 15) is 5.11 Å². The van der Waals surface area contributed by atoms with Crippen LogP contribution in [-0.2, 0) is 7.05 Å². The third kappa shape index (κ3) is 2.19. The van der Waals surface area contributed by atoms with Crippen LogP contribution >= 0.6 is 15.9 Å². The highest BCUT2D eigenvalue weighted by Crippen LogP contribution is 2.35. The van der Waals surface area contributed by atoms with Crippen LogP contribution in [0.2, 0.25) is 0 Å². The number of rotatable bonds is 2. The Morgan fingerprint density at radius 2 is 2.05 bits per heavy atom. The summed E-state index contributed by atoms with van der Waals surface area (Å²) in [6, 6.07) is 5.38. The lowest BCUT2D eigenvalue weighted by molar-refractivity contribution is 0.169. The van der Waals surface area contributed by atoms with Gasteiger partial charge in [0, 0.05) is 7.05 Å². The number of nitrogens with zero attached hydrogens (tertiary/aromatic N) is 3. The number of aliphatic hydroxyl groups is 1. The van der Waals surface area contributed by atoms with Gasteiger partial charge in [0.25, 0.3) is 0 Å². The zero-order chi connectivity index (χ0) is 13.4. The van der Waals surface area contributed by atoms with Crippen LogP contribution in [-0.4, -0.2) is 33.3 Å². The number of hydrogen-bond donors (Lipinski definition) is 1. The van der Waals surface area contributed by atoms with Crippen LogP contribution in [0.4, 0.5) is 0 Å². The largest absolute Gasteiger partial charge is 0.486 e. The normalized spacial score (nSPS) is 15.3. The molecule has 1 atom stereocenters. The molecule has 3 rings (SSSR count). The number of hydrogen-bond acceptors (Lipinski definition) is 5. The van der Waals surface area contributed by atoms with Crippen LogP contribution < -0.4 is 9.47 Å². The van der Waals surface area contributed by atoms with E-state index in [1.54, 1.807) is 25.2 Å². The van der Waals surface area contributed by atoms with Gasteiger partial charge in [0.2, 0.25) is 0 Å². The van der Waals surface area contributed by atoms with Crippen molar-refractivity contribution in [3.8, 4) is 11.5 Å². The highest BCUT2D eigenvalue weighted by atomic mass is 79.9. The van der Waals surface area contributed by atoms with Gasteiger partial charge in [-0.15, -0.1) is 5.10 Å². The van der Waals surface area contributed by atoms with Crippen molar-refractivity contribution in [2.75, 3.05) is 13.2 Å². The third-order valence-corrected chi connectivity index (χ3v) is 3.53. The van der Waals surface area contributed by atoms with Crippen LogP contribution in [0.1, 0.15) is 17.4 Å². The average Bonchev–Trinajstić information content (AvgIpc) is 2.77. The third-order valence-electron chi connectivity index (χ3n) is 2.97. The maximum Gasteiger partial charge on any atom is 0.161 e. The Kier molecular flexibility index (Phi) is 3.16. The molecule has 1 unspecified atom stereocenters. The van der Waals surface area contributed by atoms with E-state index in [0.717, 1.165) is 0 Å². The summed E-state index contributed by atoms with van der Waals surface area (Å²) in [5.41, 5.74) is 1.30. The molecule has 6 nitrogen and oxygen atoms in total. The van der Waals surface area contributed by atoms with Crippen molar-refractivity contribution in [2.45, 2.75) is 6.10 Å². The molecule has 7 heteroatoms. The van der Waals surface area contributed by atoms with Gasteiger partial charge in [0.1, 0.15) is 25.0 Å². The summed E-state index contributed by atoms with van der Waals surface area (Å²) in [5.74, 6) is 1.35. The minimum Gasteiger partial charge on any atom is -0.486 e. The second-order valence-corrected chi connectivity index (χ2v) is 4.95. The topological polar surface area (TPSA) is 69.4 Å². The maximum absolute atomic E-state index is 10.4. The molecule has 100 valence electrons. The fraction of sp³-hybridized carbons (Fsp3) is 0.333. The molecule has 0 fully saturated rings. The standard InChI is InChI=1S/C12H12BrN3O3/c1-16-10(12(13)14-15-16)11(17)7-2-3-8-9(6-7)19-5-4-18-8/h2-3,6,11,17H,4-5H2,1H3. The van der Waals surface area contributed by atoms with Crippen LogP contribution in [0, 0.1) is 0 Å². The van der Waals surface area contributed by atoms with Crippen LogP contribution in [0.25, 0.3) is 0 Å². The van der Waals surface area contributed by atoms with Crippen molar-refractivity contribution in [3.63, 3.8) is 0 Å². The summed E-state index contributed by atoms with van der Waals surface area (Å²) in [4.78, 5) is 0. The molecule has 2 heterocycles. The molecule has 1 aromatic heterocycles. The molecule has 2 aromatic rings. The molecule has 0 saturated heterocycles. The SMILES string of the molecule is Cn1nnc(Br)c1C(O)c1ccc2c(c1)OCCO2. The fourth-order valence-corrected chi connectivity index (χ4v) is 2.56. The summed E-state index contributed by atoms with van der Waals surface area (Å²) in [6.45, 7) is 1.07. The van der Waals surface area contributed by atoms with E-state index in [2.05, 4.69) is 26.2 Å². The fourth-order valence-electron chi connectivity index (χ4n) is 2.02. The molecule has 0 aliphatic carbocycles. The zero-order valence-electron chi connectivity index (χ0n) is 10.2. The molecule has 1 aromatic carbocycles. The molecule has 1 aliphatic heterocycles. The first kappa shape index (κ1) is 12.4. The summed E-state index contributed by atoms with van der Waals surface area (Å²) < 4.78 is 13.0. The molecule has 0 saturated carbocycles. The molecule has 0 spiro atoms. The van der Waals surface area contributed by atoms with E-state index in [1.807, 2.05) is 0 Å². The molecule has 1 aliphatic rings. The first-order valence-electron chi connectivity index (χ1n) is 5.79. The van der Waals surface area contributed by atoms with Gasteiger partial charge in [-0.05, 0) is 33.6 Å². The number of aliphatic hydroxyl groups excluding tert-OH is 1. The lowest BCUT2D eigenvalue weighted by Gasteiger charge is -2.20. The van der Waals surface area contributed by atoms with Gasteiger partial charge in [-0.25, -0.2) is 4.68 Å². The minimum absolute atomic E-state index is 0.517. The summed E-state index contributed by atoms with van der Waals surface area (Å²) in [6.07, 6.45) is -0.829. The van der Waals surface area contributed by atoms with Crippen molar-refractivity contribution in [1.29, 1.82) is 0 Å². The number of ether oxygens (including phenoxy) is 2. The minimum atomic E-state index is -0.829. The Morgan fingerprint density at radius 1 is 1.32 bits per heavy atom. The molecule has 19 heavy (non-hydrogen) atoms. The van der Waals surface area contributed by atoms with E-state index >= 15 is 0 Å². The predicted molar refractivity (Wildman–Crippen MR) is 70.2 cm³/mol. The summed E-state index contributed by atoms with van der Waals surface area (Å²) in [5, 5.41) is 18.1. The number of aryl methyl sites for hydroxylation is 1. The van der Waals surface area contributed by atoms with E-state index < -0.39 is 6.10 Å². The molecule has 1 N–H and O–H groups in total. The second kappa shape index (κ2) is 4.82.